The first kappa shape index (κ1) is 20.1. The van der Waals surface area contributed by atoms with Crippen LogP contribution < -0.4 is 20.3 Å². The molecule has 9 heteroatoms. The Bertz CT molecular complexity index is 887. The number of hydrogen-bond acceptors (Lipinski definition) is 6. The summed E-state index contributed by atoms with van der Waals surface area (Å²) in [6.45, 7) is -0.551. The van der Waals surface area contributed by atoms with Crippen LogP contribution >= 0.6 is 0 Å². The Morgan fingerprint density at radius 2 is 1.76 bits per heavy atom. The molecule has 2 aromatic carbocycles. The normalized spacial score (nSPS) is 14.6. The summed E-state index contributed by atoms with van der Waals surface area (Å²) in [4.78, 5) is 35.5. The zero-order valence-corrected chi connectivity index (χ0v) is 15.4. The van der Waals surface area contributed by atoms with Crippen LogP contribution in [0.15, 0.2) is 48.5 Å². The quantitative estimate of drug-likeness (QED) is 0.558. The van der Waals surface area contributed by atoms with Gasteiger partial charge in [-0.1, -0.05) is 24.3 Å². The first-order valence-electron chi connectivity index (χ1n) is 8.88. The molecule has 0 saturated heterocycles. The van der Waals surface area contributed by atoms with Gasteiger partial charge in [0.15, 0.2) is 18.1 Å². The number of rotatable bonds is 6. The van der Waals surface area contributed by atoms with Gasteiger partial charge in [0, 0.05) is 6.42 Å². The molecule has 1 aliphatic rings. The molecule has 2 N–H and O–H groups in total. The standard InChI is InChI=1S/C20H19FN2O6/c21-14-8-5-13(6-9-14)7-10-19(25)28-12-18(24)22-23-20(26)17-11-27-15-3-1-2-4-16(15)29-17/h1-6,8-9,17H,7,10-12H2,(H,22,24)(H,23,26)/t17-/m1/s1. The fourth-order valence-corrected chi connectivity index (χ4v) is 2.51. The number of para-hydroxylation sites is 2. The zero-order chi connectivity index (χ0) is 20.6. The second-order valence-electron chi connectivity index (χ2n) is 6.19. The van der Waals surface area contributed by atoms with E-state index in [-0.39, 0.29) is 18.8 Å². The molecule has 0 radical (unpaired) electrons. The number of hydrogen-bond donors (Lipinski definition) is 2. The second-order valence-corrected chi connectivity index (χ2v) is 6.19. The van der Waals surface area contributed by atoms with Crippen molar-refractivity contribution >= 4 is 17.8 Å². The number of hydrazine groups is 1. The first-order chi connectivity index (χ1) is 14.0. The molecule has 0 aromatic heterocycles. The van der Waals surface area contributed by atoms with Crippen molar-refractivity contribution in [3.8, 4) is 11.5 Å². The molecule has 2 amide bonds. The van der Waals surface area contributed by atoms with Gasteiger partial charge in [-0.25, -0.2) is 4.39 Å². The Balaban J connectivity index is 1.34. The van der Waals surface area contributed by atoms with E-state index in [9.17, 15) is 18.8 Å². The molecular formula is C20H19FN2O6. The molecule has 152 valence electrons. The molecule has 0 fully saturated rings. The van der Waals surface area contributed by atoms with E-state index in [4.69, 9.17) is 14.2 Å². The minimum Gasteiger partial charge on any atom is -0.485 e. The van der Waals surface area contributed by atoms with Crippen molar-refractivity contribution in [2.45, 2.75) is 18.9 Å². The highest BCUT2D eigenvalue weighted by molar-refractivity contribution is 5.86. The van der Waals surface area contributed by atoms with Gasteiger partial charge in [-0.15, -0.1) is 0 Å². The van der Waals surface area contributed by atoms with Gasteiger partial charge in [0.2, 0.25) is 6.10 Å². The number of carbonyl (C=O) groups is 3. The highest BCUT2D eigenvalue weighted by atomic mass is 19.1. The van der Waals surface area contributed by atoms with Crippen LogP contribution in [0.25, 0.3) is 0 Å². The van der Waals surface area contributed by atoms with Gasteiger partial charge in [-0.3, -0.25) is 25.2 Å². The molecule has 0 saturated carbocycles. The Kier molecular flexibility index (Phi) is 6.62. The van der Waals surface area contributed by atoms with E-state index in [2.05, 4.69) is 10.9 Å². The number of esters is 1. The van der Waals surface area contributed by atoms with Crippen LogP contribution in [0.1, 0.15) is 12.0 Å². The highest BCUT2D eigenvalue weighted by Crippen LogP contribution is 2.30. The Morgan fingerprint density at radius 1 is 1.03 bits per heavy atom. The van der Waals surface area contributed by atoms with E-state index in [1.165, 1.54) is 12.1 Å². The van der Waals surface area contributed by atoms with E-state index in [0.29, 0.717) is 17.9 Å². The van der Waals surface area contributed by atoms with E-state index >= 15 is 0 Å². The SMILES string of the molecule is O=C(COC(=O)CCc1ccc(F)cc1)NNC(=O)[C@H]1COc2ccccc2O1. The summed E-state index contributed by atoms with van der Waals surface area (Å²) in [5.41, 5.74) is 5.12. The number of amides is 2. The lowest BCUT2D eigenvalue weighted by Gasteiger charge is -2.25. The molecule has 1 aliphatic heterocycles. The third-order valence-electron chi connectivity index (χ3n) is 4.02. The molecular weight excluding hydrogens is 383 g/mol. The number of halogens is 1. The third kappa shape index (κ3) is 5.93. The smallest absolute Gasteiger partial charge is 0.306 e. The summed E-state index contributed by atoms with van der Waals surface area (Å²) < 4.78 is 28.6. The van der Waals surface area contributed by atoms with Gasteiger partial charge in [0.05, 0.1) is 0 Å². The third-order valence-corrected chi connectivity index (χ3v) is 4.02. The van der Waals surface area contributed by atoms with Crippen molar-refractivity contribution in [1.82, 2.24) is 10.9 Å². The number of aryl methyl sites for hydroxylation is 1. The van der Waals surface area contributed by atoms with Crippen molar-refractivity contribution in [2.24, 2.45) is 0 Å². The minimum absolute atomic E-state index is 0.00289. The summed E-state index contributed by atoms with van der Waals surface area (Å²) in [7, 11) is 0. The Hall–Kier alpha value is -3.62. The van der Waals surface area contributed by atoms with Crippen LogP contribution in [-0.4, -0.2) is 37.1 Å². The lowest BCUT2D eigenvalue weighted by molar-refractivity contribution is -0.149. The first-order valence-corrected chi connectivity index (χ1v) is 8.88. The fourth-order valence-electron chi connectivity index (χ4n) is 2.51. The van der Waals surface area contributed by atoms with Gasteiger partial charge in [-0.2, -0.15) is 0 Å². The molecule has 0 bridgehead atoms. The second kappa shape index (κ2) is 9.54. The number of carbonyl (C=O) groups excluding carboxylic acids is 3. The molecule has 0 aliphatic carbocycles. The topological polar surface area (TPSA) is 103 Å². The molecule has 8 nitrogen and oxygen atoms in total. The molecule has 3 rings (SSSR count). The number of benzene rings is 2. The lowest BCUT2D eigenvalue weighted by Crippen LogP contribution is -2.51. The molecule has 2 aromatic rings. The van der Waals surface area contributed by atoms with Crippen LogP contribution in [-0.2, 0) is 25.5 Å². The maximum atomic E-state index is 12.8. The largest absolute Gasteiger partial charge is 0.485 e. The summed E-state index contributed by atoms with van der Waals surface area (Å²) in [6.07, 6.45) is -0.529. The lowest BCUT2D eigenvalue weighted by atomic mass is 10.1. The van der Waals surface area contributed by atoms with Crippen molar-refractivity contribution in [3.05, 3.63) is 59.9 Å². The number of nitrogens with one attached hydrogen (secondary N) is 2. The molecule has 29 heavy (non-hydrogen) atoms. The monoisotopic (exact) mass is 402 g/mol. The Labute approximate surface area is 165 Å². The van der Waals surface area contributed by atoms with Gasteiger partial charge in [-0.05, 0) is 36.2 Å². The molecule has 1 atom stereocenters. The molecule has 0 spiro atoms. The predicted molar refractivity (Wildman–Crippen MR) is 98.3 cm³/mol. The van der Waals surface area contributed by atoms with Crippen molar-refractivity contribution < 1.29 is 33.0 Å². The number of ether oxygens (including phenoxy) is 3. The molecule has 1 heterocycles. The van der Waals surface area contributed by atoms with Crippen molar-refractivity contribution in [3.63, 3.8) is 0 Å². The Morgan fingerprint density at radius 3 is 2.52 bits per heavy atom. The number of fused-ring (bicyclic) bond motifs is 1. The van der Waals surface area contributed by atoms with Gasteiger partial charge in [0.1, 0.15) is 12.4 Å². The van der Waals surface area contributed by atoms with Crippen LogP contribution in [0.5, 0.6) is 11.5 Å². The van der Waals surface area contributed by atoms with Crippen molar-refractivity contribution in [2.75, 3.05) is 13.2 Å². The maximum absolute atomic E-state index is 12.8. The summed E-state index contributed by atoms with van der Waals surface area (Å²) in [5.74, 6) is -1.28. The zero-order valence-electron chi connectivity index (χ0n) is 15.4. The van der Waals surface area contributed by atoms with Crippen LogP contribution in [0, 0.1) is 5.82 Å². The van der Waals surface area contributed by atoms with E-state index in [1.807, 2.05) is 0 Å². The summed E-state index contributed by atoms with van der Waals surface area (Å²) >= 11 is 0. The fraction of sp³-hybridized carbons (Fsp3) is 0.250. The minimum atomic E-state index is -0.927. The summed E-state index contributed by atoms with van der Waals surface area (Å²) in [5, 5.41) is 0. The van der Waals surface area contributed by atoms with Gasteiger partial charge >= 0.3 is 5.97 Å². The summed E-state index contributed by atoms with van der Waals surface area (Å²) in [6, 6.07) is 12.7. The van der Waals surface area contributed by atoms with Gasteiger partial charge in [0.25, 0.3) is 11.8 Å². The average Bonchev–Trinajstić information content (AvgIpc) is 2.75. The average molecular weight is 402 g/mol. The van der Waals surface area contributed by atoms with E-state index in [0.717, 1.165) is 5.56 Å². The molecule has 0 unspecified atom stereocenters. The maximum Gasteiger partial charge on any atom is 0.306 e. The van der Waals surface area contributed by atoms with Crippen LogP contribution in [0.3, 0.4) is 0 Å². The predicted octanol–water partition coefficient (Wildman–Crippen LogP) is 1.29. The van der Waals surface area contributed by atoms with Crippen LogP contribution in [0.2, 0.25) is 0 Å². The van der Waals surface area contributed by atoms with E-state index < -0.39 is 30.5 Å². The van der Waals surface area contributed by atoms with Gasteiger partial charge < -0.3 is 14.2 Å². The van der Waals surface area contributed by atoms with Crippen LogP contribution in [0.4, 0.5) is 4.39 Å². The van der Waals surface area contributed by atoms with Crippen molar-refractivity contribution in [1.29, 1.82) is 0 Å². The van der Waals surface area contributed by atoms with E-state index in [1.54, 1.807) is 36.4 Å². The highest BCUT2D eigenvalue weighted by Gasteiger charge is 2.27.